The van der Waals surface area contributed by atoms with Crippen LogP contribution >= 0.6 is 0 Å². The minimum atomic E-state index is -0.806. The summed E-state index contributed by atoms with van der Waals surface area (Å²) in [4.78, 5) is 49.7. The molecule has 0 aromatic heterocycles. The number of carbonyl (C=O) groups excluding carboxylic acids is 4. The zero-order valence-corrected chi connectivity index (χ0v) is 15.8. The van der Waals surface area contributed by atoms with Gasteiger partial charge in [-0.2, -0.15) is 0 Å². The van der Waals surface area contributed by atoms with E-state index in [9.17, 15) is 19.2 Å². The van der Waals surface area contributed by atoms with Crippen LogP contribution in [-0.4, -0.2) is 48.9 Å². The molecule has 1 aliphatic carbocycles. The lowest BCUT2D eigenvalue weighted by Crippen LogP contribution is -2.37. The number of ether oxygens (including phenoxy) is 2. The second-order valence-corrected chi connectivity index (χ2v) is 6.83. The molecule has 148 valence electrons. The fraction of sp³-hybridized carbons (Fsp3) is 0.400. The Labute approximate surface area is 162 Å². The third-order valence-corrected chi connectivity index (χ3v) is 4.88. The van der Waals surface area contributed by atoms with Crippen molar-refractivity contribution in [1.82, 2.24) is 4.90 Å². The quantitative estimate of drug-likeness (QED) is 0.451. The first-order valence-corrected chi connectivity index (χ1v) is 9.01. The Hall–Kier alpha value is -3.16. The van der Waals surface area contributed by atoms with Crippen molar-refractivity contribution in [2.45, 2.75) is 19.8 Å². The molecule has 0 saturated carbocycles. The van der Waals surface area contributed by atoms with E-state index in [1.165, 1.54) is 7.11 Å². The number of nitrogens with one attached hydrogen (secondary N) is 1. The van der Waals surface area contributed by atoms with E-state index < -0.39 is 36.9 Å². The maximum absolute atomic E-state index is 12.3. The molecule has 0 spiro atoms. The number of methoxy groups -OCH3 is 1. The molecule has 2 aliphatic rings. The van der Waals surface area contributed by atoms with Crippen LogP contribution in [0.15, 0.2) is 30.4 Å². The summed E-state index contributed by atoms with van der Waals surface area (Å²) >= 11 is 0. The molecule has 8 nitrogen and oxygen atoms in total. The van der Waals surface area contributed by atoms with E-state index in [0.717, 1.165) is 10.5 Å². The number of allylic oxidation sites excluding steroid dienone is 2. The van der Waals surface area contributed by atoms with Crippen LogP contribution in [0.4, 0.5) is 5.69 Å². The number of fused-ring (bicyclic) bond motifs is 1. The Morgan fingerprint density at radius 2 is 1.79 bits per heavy atom. The Kier molecular flexibility index (Phi) is 5.77. The lowest BCUT2D eigenvalue weighted by atomic mass is 9.85. The van der Waals surface area contributed by atoms with Gasteiger partial charge in [0.2, 0.25) is 11.8 Å². The Balaban J connectivity index is 1.52. The van der Waals surface area contributed by atoms with E-state index >= 15 is 0 Å². The highest BCUT2D eigenvalue weighted by atomic mass is 16.5. The van der Waals surface area contributed by atoms with Crippen LogP contribution in [0.2, 0.25) is 0 Å². The maximum Gasteiger partial charge on any atom is 0.326 e. The summed E-state index contributed by atoms with van der Waals surface area (Å²) in [6.45, 7) is 0.860. The number of aryl methyl sites for hydroxylation is 1. The third kappa shape index (κ3) is 4.05. The minimum Gasteiger partial charge on any atom is -0.495 e. The fourth-order valence-electron chi connectivity index (χ4n) is 3.45. The maximum atomic E-state index is 12.3. The van der Waals surface area contributed by atoms with Crippen molar-refractivity contribution in [3.05, 3.63) is 35.9 Å². The van der Waals surface area contributed by atoms with Crippen molar-refractivity contribution in [3.8, 4) is 5.75 Å². The van der Waals surface area contributed by atoms with E-state index in [4.69, 9.17) is 9.47 Å². The van der Waals surface area contributed by atoms with Crippen molar-refractivity contribution < 1.29 is 28.7 Å². The van der Waals surface area contributed by atoms with Gasteiger partial charge in [0.05, 0.1) is 24.6 Å². The first-order chi connectivity index (χ1) is 13.4. The number of benzene rings is 1. The topological polar surface area (TPSA) is 102 Å². The first kappa shape index (κ1) is 19.6. The highest BCUT2D eigenvalue weighted by Gasteiger charge is 2.47. The molecule has 1 aromatic carbocycles. The molecule has 28 heavy (non-hydrogen) atoms. The number of anilines is 1. The average Bonchev–Trinajstić information content (AvgIpc) is 2.92. The second-order valence-electron chi connectivity index (χ2n) is 6.83. The molecule has 0 radical (unpaired) electrons. The molecule has 2 atom stereocenters. The van der Waals surface area contributed by atoms with Gasteiger partial charge in [-0.05, 0) is 37.5 Å². The summed E-state index contributed by atoms with van der Waals surface area (Å²) in [6, 6.07) is 5.29. The molecule has 3 rings (SSSR count). The molecule has 3 amide bonds. The van der Waals surface area contributed by atoms with Gasteiger partial charge in [-0.15, -0.1) is 0 Å². The number of nitrogens with zero attached hydrogens (tertiary/aromatic N) is 1. The van der Waals surface area contributed by atoms with E-state index in [2.05, 4.69) is 5.32 Å². The average molecular weight is 386 g/mol. The standard InChI is InChI=1S/C20H22N2O6/c1-12-7-8-16(27-2)15(9-12)21-17(23)11-28-18(24)10-22-19(25)13-5-3-4-6-14(13)20(22)26/h3-4,7-9,13-14H,5-6,10-11H2,1-2H3,(H,21,23). The predicted molar refractivity (Wildman–Crippen MR) is 99.4 cm³/mol. The highest BCUT2D eigenvalue weighted by Crippen LogP contribution is 2.34. The molecular formula is C20H22N2O6. The summed E-state index contributed by atoms with van der Waals surface area (Å²) in [5.74, 6) is -2.39. The lowest BCUT2D eigenvalue weighted by molar-refractivity contribution is -0.154. The van der Waals surface area contributed by atoms with Gasteiger partial charge in [-0.3, -0.25) is 24.1 Å². The van der Waals surface area contributed by atoms with Gasteiger partial charge in [0.15, 0.2) is 6.61 Å². The molecule has 1 aromatic rings. The van der Waals surface area contributed by atoms with Gasteiger partial charge in [-0.1, -0.05) is 18.2 Å². The van der Waals surface area contributed by atoms with Gasteiger partial charge >= 0.3 is 5.97 Å². The first-order valence-electron chi connectivity index (χ1n) is 9.01. The molecule has 1 fully saturated rings. The number of amides is 3. The number of imide groups is 1. The molecule has 0 bridgehead atoms. The SMILES string of the molecule is COc1ccc(C)cc1NC(=O)COC(=O)CN1C(=O)C2CC=CCC2C1=O. The fourth-order valence-corrected chi connectivity index (χ4v) is 3.45. The summed E-state index contributed by atoms with van der Waals surface area (Å²) < 4.78 is 10.1. The highest BCUT2D eigenvalue weighted by molar-refractivity contribution is 6.07. The van der Waals surface area contributed by atoms with Crippen molar-refractivity contribution in [3.63, 3.8) is 0 Å². The molecule has 1 heterocycles. The van der Waals surface area contributed by atoms with Crippen LogP contribution in [0, 0.1) is 18.8 Å². The van der Waals surface area contributed by atoms with Crippen molar-refractivity contribution in [2.75, 3.05) is 25.6 Å². The lowest BCUT2D eigenvalue weighted by Gasteiger charge is -2.14. The largest absolute Gasteiger partial charge is 0.495 e. The smallest absolute Gasteiger partial charge is 0.326 e. The number of hydrogen-bond donors (Lipinski definition) is 1. The second kappa shape index (κ2) is 8.24. The molecule has 2 unspecified atom stereocenters. The summed E-state index contributed by atoms with van der Waals surface area (Å²) in [5, 5.41) is 2.61. The number of carbonyl (C=O) groups is 4. The van der Waals surface area contributed by atoms with Crippen molar-refractivity contribution in [1.29, 1.82) is 0 Å². The van der Waals surface area contributed by atoms with E-state index in [0.29, 0.717) is 24.3 Å². The summed E-state index contributed by atoms with van der Waals surface area (Å²) in [7, 11) is 1.48. The van der Waals surface area contributed by atoms with Gasteiger partial charge in [0, 0.05) is 0 Å². The molecule has 8 heteroatoms. The normalized spacial score (nSPS) is 20.7. The molecular weight excluding hydrogens is 364 g/mol. The predicted octanol–water partition coefficient (Wildman–Crippen LogP) is 1.44. The van der Waals surface area contributed by atoms with Gasteiger partial charge in [0.25, 0.3) is 5.91 Å². The molecule has 1 saturated heterocycles. The van der Waals surface area contributed by atoms with E-state index in [1.807, 2.05) is 25.1 Å². The monoisotopic (exact) mass is 386 g/mol. The third-order valence-electron chi connectivity index (χ3n) is 4.88. The zero-order chi connectivity index (χ0) is 20.3. The Morgan fingerprint density at radius 1 is 1.14 bits per heavy atom. The van der Waals surface area contributed by atoms with Crippen LogP contribution < -0.4 is 10.1 Å². The number of rotatable bonds is 6. The van der Waals surface area contributed by atoms with Gasteiger partial charge in [-0.25, -0.2) is 0 Å². The van der Waals surface area contributed by atoms with Crippen molar-refractivity contribution >= 4 is 29.4 Å². The summed E-state index contributed by atoms with van der Waals surface area (Å²) in [5.41, 5.74) is 1.39. The van der Waals surface area contributed by atoms with Crippen molar-refractivity contribution in [2.24, 2.45) is 11.8 Å². The molecule has 1 N–H and O–H groups in total. The number of likely N-dealkylation sites (tertiary alicyclic amines) is 1. The Bertz CT molecular complexity index is 821. The summed E-state index contributed by atoms with van der Waals surface area (Å²) in [6.07, 6.45) is 4.75. The van der Waals surface area contributed by atoms with E-state index in [1.54, 1.807) is 12.1 Å². The number of hydrogen-bond acceptors (Lipinski definition) is 6. The van der Waals surface area contributed by atoms with Gasteiger partial charge in [0.1, 0.15) is 12.3 Å². The van der Waals surface area contributed by atoms with Crippen LogP contribution in [0.25, 0.3) is 0 Å². The van der Waals surface area contributed by atoms with Gasteiger partial charge < -0.3 is 14.8 Å². The van der Waals surface area contributed by atoms with Crippen LogP contribution in [0.3, 0.4) is 0 Å². The van der Waals surface area contributed by atoms with Crippen LogP contribution in [0.5, 0.6) is 5.75 Å². The minimum absolute atomic E-state index is 0.356. The van der Waals surface area contributed by atoms with Crippen LogP contribution in [0.1, 0.15) is 18.4 Å². The van der Waals surface area contributed by atoms with E-state index in [-0.39, 0.29) is 11.8 Å². The Morgan fingerprint density at radius 3 is 2.39 bits per heavy atom. The zero-order valence-electron chi connectivity index (χ0n) is 15.8. The molecule has 1 aliphatic heterocycles. The van der Waals surface area contributed by atoms with Crippen LogP contribution in [-0.2, 0) is 23.9 Å². The number of esters is 1.